The lowest BCUT2D eigenvalue weighted by atomic mass is 10.0. The molecule has 0 saturated heterocycles. The van der Waals surface area contributed by atoms with Crippen molar-refractivity contribution < 1.29 is 42.9 Å². The van der Waals surface area contributed by atoms with E-state index in [9.17, 15) is 19.2 Å². The van der Waals surface area contributed by atoms with Crippen LogP contribution in [0, 0.1) is 0 Å². The van der Waals surface area contributed by atoms with Crippen LogP contribution in [-0.2, 0) is 19.2 Å². The zero-order valence-corrected chi connectivity index (χ0v) is 28.5. The molecule has 0 unspecified atom stereocenters. The number of unbranched alkanes of at least 4 members (excludes halogenated alkanes) is 1. The summed E-state index contributed by atoms with van der Waals surface area (Å²) in [4.78, 5) is 49.7. The Bertz CT molecular complexity index is 1840. The minimum absolute atomic E-state index is 0.151. The molecule has 0 aliphatic carbocycles. The summed E-state index contributed by atoms with van der Waals surface area (Å²) in [6.07, 6.45) is 5.12. The standard InChI is InChI=1S/C40H40O9/c1-10-11-20-45-36-21-28(13-19-33(36)47-38(42)25(4)5)12-14-30-22-35(49-40(44)27(8)9)32(23-34(30)48-39(43)26(6)7)29-15-17-31(18-16-29)46-37(41)24(2)3/h12-19,21-23H,2,4,6,8,10-11,20H2,1,3,5,7,9H3/b14-12+. The van der Waals surface area contributed by atoms with Crippen molar-refractivity contribution in [3.63, 3.8) is 0 Å². The first-order valence-electron chi connectivity index (χ1n) is 15.4. The van der Waals surface area contributed by atoms with Crippen LogP contribution in [0.4, 0.5) is 0 Å². The lowest BCUT2D eigenvalue weighted by Crippen LogP contribution is -2.11. The summed E-state index contributed by atoms with van der Waals surface area (Å²) < 4.78 is 28.2. The van der Waals surface area contributed by atoms with Gasteiger partial charge in [-0.05, 0) is 81.6 Å². The molecule has 0 atom stereocenters. The van der Waals surface area contributed by atoms with Gasteiger partial charge < -0.3 is 23.7 Å². The fourth-order valence-corrected chi connectivity index (χ4v) is 3.90. The number of carbonyl (C=O) groups excluding carboxylic acids is 4. The van der Waals surface area contributed by atoms with Crippen LogP contribution in [-0.4, -0.2) is 30.5 Å². The molecule has 0 aliphatic heterocycles. The minimum Gasteiger partial charge on any atom is -0.490 e. The van der Waals surface area contributed by atoms with Gasteiger partial charge in [-0.15, -0.1) is 0 Å². The zero-order chi connectivity index (χ0) is 36.2. The van der Waals surface area contributed by atoms with Gasteiger partial charge in [-0.3, -0.25) is 0 Å². The van der Waals surface area contributed by atoms with E-state index in [1.165, 1.54) is 13.8 Å². The van der Waals surface area contributed by atoms with Crippen LogP contribution in [0.25, 0.3) is 23.3 Å². The van der Waals surface area contributed by atoms with Crippen LogP contribution >= 0.6 is 0 Å². The maximum absolute atomic E-state index is 12.7. The first kappa shape index (κ1) is 37.5. The Labute approximate surface area is 286 Å². The summed E-state index contributed by atoms with van der Waals surface area (Å²) in [6.45, 7) is 23.2. The lowest BCUT2D eigenvalue weighted by molar-refractivity contribution is -0.131. The quantitative estimate of drug-likeness (QED) is 0.0518. The van der Waals surface area contributed by atoms with Crippen LogP contribution < -0.4 is 23.7 Å². The predicted octanol–water partition coefficient (Wildman–Crippen LogP) is 8.63. The second-order valence-electron chi connectivity index (χ2n) is 11.3. The van der Waals surface area contributed by atoms with Gasteiger partial charge >= 0.3 is 23.9 Å². The molecule has 0 bridgehead atoms. The molecule has 254 valence electrons. The maximum atomic E-state index is 12.7. The summed E-state index contributed by atoms with van der Waals surface area (Å²) in [5.74, 6) is -1.28. The van der Waals surface area contributed by atoms with Gasteiger partial charge in [0.1, 0.15) is 17.2 Å². The van der Waals surface area contributed by atoms with Crippen molar-refractivity contribution in [3.8, 4) is 39.9 Å². The summed E-state index contributed by atoms with van der Waals surface area (Å²) >= 11 is 0. The van der Waals surface area contributed by atoms with Gasteiger partial charge in [0.25, 0.3) is 0 Å². The molecule has 0 fully saturated rings. The summed E-state index contributed by atoms with van der Waals surface area (Å²) in [7, 11) is 0. The third kappa shape index (κ3) is 10.8. The fourth-order valence-electron chi connectivity index (χ4n) is 3.90. The summed E-state index contributed by atoms with van der Waals surface area (Å²) in [6, 6.07) is 14.7. The molecule has 0 aliphatic rings. The Balaban J connectivity index is 2.14. The SMILES string of the molecule is C=C(C)C(=O)Oc1ccc(-c2cc(OC(=O)C(=C)C)c(/C=C/c3ccc(OC(=O)C(=C)C)c(OCCCC)c3)cc2OC(=O)C(=C)C)cc1. The molecule has 0 heterocycles. The number of hydrogen-bond acceptors (Lipinski definition) is 9. The number of esters is 4. The van der Waals surface area contributed by atoms with E-state index in [0.717, 1.165) is 12.8 Å². The second-order valence-corrected chi connectivity index (χ2v) is 11.3. The molecule has 0 amide bonds. The maximum Gasteiger partial charge on any atom is 0.338 e. The van der Waals surface area contributed by atoms with Crippen LogP contribution in [0.5, 0.6) is 28.7 Å². The van der Waals surface area contributed by atoms with Crippen molar-refractivity contribution in [2.24, 2.45) is 0 Å². The molecular weight excluding hydrogens is 624 g/mol. The van der Waals surface area contributed by atoms with Crippen molar-refractivity contribution in [2.45, 2.75) is 47.5 Å². The van der Waals surface area contributed by atoms with Gasteiger partial charge in [-0.2, -0.15) is 0 Å². The third-order valence-corrected chi connectivity index (χ3v) is 6.67. The van der Waals surface area contributed by atoms with E-state index in [2.05, 4.69) is 26.3 Å². The zero-order valence-electron chi connectivity index (χ0n) is 28.5. The first-order chi connectivity index (χ1) is 23.2. The molecule has 0 aromatic heterocycles. The lowest BCUT2D eigenvalue weighted by Gasteiger charge is -2.16. The van der Waals surface area contributed by atoms with Crippen molar-refractivity contribution in [3.05, 3.63) is 114 Å². The molecular formula is C40H40O9. The Morgan fingerprint density at radius 3 is 1.67 bits per heavy atom. The average Bonchev–Trinajstić information content (AvgIpc) is 3.05. The number of benzene rings is 3. The highest BCUT2D eigenvalue weighted by Gasteiger charge is 2.19. The van der Waals surface area contributed by atoms with E-state index in [4.69, 9.17) is 23.7 Å². The van der Waals surface area contributed by atoms with E-state index < -0.39 is 23.9 Å². The van der Waals surface area contributed by atoms with E-state index in [1.54, 1.807) is 80.6 Å². The molecule has 0 saturated carbocycles. The topological polar surface area (TPSA) is 114 Å². The molecule has 0 spiro atoms. The van der Waals surface area contributed by atoms with Crippen LogP contribution in [0.15, 0.2) is 103 Å². The van der Waals surface area contributed by atoms with Gasteiger partial charge in [-0.25, -0.2) is 19.2 Å². The van der Waals surface area contributed by atoms with Crippen LogP contribution in [0.1, 0.15) is 58.6 Å². The molecule has 3 aromatic carbocycles. The van der Waals surface area contributed by atoms with Crippen molar-refractivity contribution >= 4 is 36.0 Å². The van der Waals surface area contributed by atoms with E-state index in [-0.39, 0.29) is 45.3 Å². The number of rotatable bonds is 15. The Kier molecular flexibility index (Phi) is 13.2. The van der Waals surface area contributed by atoms with Gasteiger partial charge in [0, 0.05) is 33.4 Å². The van der Waals surface area contributed by atoms with Gasteiger partial charge in [0.05, 0.1) is 6.61 Å². The third-order valence-electron chi connectivity index (χ3n) is 6.67. The minimum atomic E-state index is -0.663. The second kappa shape index (κ2) is 17.3. The smallest absolute Gasteiger partial charge is 0.338 e. The Morgan fingerprint density at radius 1 is 0.592 bits per heavy atom. The predicted molar refractivity (Wildman–Crippen MR) is 189 cm³/mol. The highest BCUT2D eigenvalue weighted by molar-refractivity contribution is 5.93. The van der Waals surface area contributed by atoms with E-state index in [1.807, 2.05) is 6.92 Å². The first-order valence-corrected chi connectivity index (χ1v) is 15.4. The van der Waals surface area contributed by atoms with Gasteiger partial charge in [0.2, 0.25) is 0 Å². The monoisotopic (exact) mass is 664 g/mol. The Morgan fingerprint density at radius 2 is 1.12 bits per heavy atom. The largest absolute Gasteiger partial charge is 0.490 e. The van der Waals surface area contributed by atoms with Gasteiger partial charge in [0.15, 0.2) is 11.5 Å². The molecule has 3 rings (SSSR count). The van der Waals surface area contributed by atoms with Gasteiger partial charge in [-0.1, -0.05) is 70.0 Å². The van der Waals surface area contributed by atoms with Crippen molar-refractivity contribution in [1.82, 2.24) is 0 Å². The molecule has 9 nitrogen and oxygen atoms in total. The van der Waals surface area contributed by atoms with Crippen molar-refractivity contribution in [1.29, 1.82) is 0 Å². The normalized spacial score (nSPS) is 10.6. The van der Waals surface area contributed by atoms with E-state index in [0.29, 0.717) is 34.6 Å². The van der Waals surface area contributed by atoms with E-state index >= 15 is 0 Å². The number of hydrogen-bond donors (Lipinski definition) is 0. The Hall–Kier alpha value is -5.96. The van der Waals surface area contributed by atoms with Crippen LogP contribution in [0.2, 0.25) is 0 Å². The highest BCUT2D eigenvalue weighted by Crippen LogP contribution is 2.39. The summed E-state index contributed by atoms with van der Waals surface area (Å²) in [5, 5.41) is 0. The number of ether oxygens (including phenoxy) is 5. The van der Waals surface area contributed by atoms with Crippen molar-refractivity contribution in [2.75, 3.05) is 6.61 Å². The molecule has 0 N–H and O–H groups in total. The number of carbonyl (C=O) groups is 4. The molecule has 3 aromatic rings. The molecule has 9 heteroatoms. The van der Waals surface area contributed by atoms with Crippen LogP contribution in [0.3, 0.4) is 0 Å². The average molecular weight is 665 g/mol. The molecule has 0 radical (unpaired) electrons. The fraction of sp³-hybridized carbons (Fsp3) is 0.200. The molecule has 49 heavy (non-hydrogen) atoms. The summed E-state index contributed by atoms with van der Waals surface area (Å²) in [5.41, 5.74) is 2.87. The highest BCUT2D eigenvalue weighted by atomic mass is 16.6.